The van der Waals surface area contributed by atoms with E-state index in [1.54, 1.807) is 48.2 Å². The molecule has 1 fully saturated rings. The lowest BCUT2D eigenvalue weighted by Crippen LogP contribution is -2.42. The Kier molecular flexibility index (Phi) is 6.35. The zero-order valence-electron chi connectivity index (χ0n) is 18.1. The standard InChI is InChI=1S/C25H23F3N2O3/c1-2-33-24(32)19-6-4-12-30(15-19)23(31)18-9-11-22-17(13-18)8-10-21(29-22)16-5-3-7-20(14-16)25(26,27)28/h3,5,7-11,13-14,19H,2,4,6,12,15H2,1H3. The highest BCUT2D eigenvalue weighted by Crippen LogP contribution is 2.32. The number of carbonyl (C=O) groups is 2. The average molecular weight is 456 g/mol. The minimum atomic E-state index is -4.43. The third-order valence-corrected chi connectivity index (χ3v) is 5.75. The predicted octanol–water partition coefficient (Wildman–Crippen LogP) is 5.34. The molecule has 1 aliphatic heterocycles. The molecule has 5 nitrogen and oxygen atoms in total. The summed E-state index contributed by atoms with van der Waals surface area (Å²) < 4.78 is 44.2. The molecule has 4 rings (SSSR count). The Bertz CT molecular complexity index is 1190. The molecular weight excluding hydrogens is 433 g/mol. The first kappa shape index (κ1) is 22.8. The number of pyridine rings is 1. The molecule has 0 bridgehead atoms. The van der Waals surface area contributed by atoms with Gasteiger partial charge in [0.2, 0.25) is 0 Å². The number of fused-ring (bicyclic) bond motifs is 1. The first-order valence-electron chi connectivity index (χ1n) is 10.8. The van der Waals surface area contributed by atoms with Crippen molar-refractivity contribution in [2.75, 3.05) is 19.7 Å². The van der Waals surface area contributed by atoms with Gasteiger partial charge in [0.15, 0.2) is 0 Å². The van der Waals surface area contributed by atoms with E-state index < -0.39 is 11.7 Å². The SMILES string of the molecule is CCOC(=O)C1CCCN(C(=O)c2ccc3nc(-c4cccc(C(F)(F)F)c4)ccc3c2)C1. The number of halogens is 3. The normalized spacial score (nSPS) is 16.6. The molecule has 1 atom stereocenters. The van der Waals surface area contributed by atoms with Crippen LogP contribution in [0, 0.1) is 5.92 Å². The lowest BCUT2D eigenvalue weighted by atomic mass is 9.97. The van der Waals surface area contributed by atoms with Crippen LogP contribution in [0.1, 0.15) is 35.7 Å². The van der Waals surface area contributed by atoms with Crippen molar-refractivity contribution >= 4 is 22.8 Å². The number of amides is 1. The van der Waals surface area contributed by atoms with Crippen LogP contribution in [-0.2, 0) is 15.7 Å². The summed E-state index contributed by atoms with van der Waals surface area (Å²) in [6.45, 7) is 2.95. The number of hydrogen-bond donors (Lipinski definition) is 0. The summed E-state index contributed by atoms with van der Waals surface area (Å²) in [6, 6.07) is 13.5. The van der Waals surface area contributed by atoms with Crippen LogP contribution in [0.2, 0.25) is 0 Å². The van der Waals surface area contributed by atoms with Gasteiger partial charge in [-0.15, -0.1) is 0 Å². The number of benzene rings is 2. The summed E-state index contributed by atoms with van der Waals surface area (Å²) in [7, 11) is 0. The number of carbonyl (C=O) groups excluding carboxylic acids is 2. The first-order chi connectivity index (χ1) is 15.8. The first-order valence-corrected chi connectivity index (χ1v) is 10.8. The maximum atomic E-state index is 13.0. The third kappa shape index (κ3) is 4.99. The van der Waals surface area contributed by atoms with E-state index in [-0.39, 0.29) is 17.8 Å². The van der Waals surface area contributed by atoms with Crippen LogP contribution < -0.4 is 0 Å². The molecule has 2 aromatic carbocycles. The van der Waals surface area contributed by atoms with E-state index in [0.717, 1.165) is 18.6 Å². The molecule has 172 valence electrons. The van der Waals surface area contributed by atoms with Crippen molar-refractivity contribution in [1.82, 2.24) is 9.88 Å². The van der Waals surface area contributed by atoms with Gasteiger partial charge in [-0.2, -0.15) is 13.2 Å². The molecule has 3 aromatic rings. The smallest absolute Gasteiger partial charge is 0.416 e. The Morgan fingerprint density at radius 3 is 2.70 bits per heavy atom. The highest BCUT2D eigenvalue weighted by molar-refractivity contribution is 5.98. The van der Waals surface area contributed by atoms with E-state index in [0.29, 0.717) is 53.8 Å². The second kappa shape index (κ2) is 9.21. The van der Waals surface area contributed by atoms with Gasteiger partial charge in [0, 0.05) is 29.6 Å². The predicted molar refractivity (Wildman–Crippen MR) is 117 cm³/mol. The fraction of sp³-hybridized carbons (Fsp3) is 0.320. The fourth-order valence-electron chi connectivity index (χ4n) is 4.07. The van der Waals surface area contributed by atoms with E-state index in [2.05, 4.69) is 4.98 Å². The van der Waals surface area contributed by atoms with Gasteiger partial charge in [-0.3, -0.25) is 9.59 Å². The van der Waals surface area contributed by atoms with Gasteiger partial charge in [-0.25, -0.2) is 4.98 Å². The van der Waals surface area contributed by atoms with E-state index >= 15 is 0 Å². The van der Waals surface area contributed by atoms with E-state index in [1.807, 2.05) is 0 Å². The summed E-state index contributed by atoms with van der Waals surface area (Å²) in [4.78, 5) is 31.3. The molecule has 2 heterocycles. The lowest BCUT2D eigenvalue weighted by molar-refractivity contribution is -0.149. The summed E-state index contributed by atoms with van der Waals surface area (Å²) in [5.41, 5.74) is 1.10. The monoisotopic (exact) mass is 456 g/mol. The zero-order chi connectivity index (χ0) is 23.6. The van der Waals surface area contributed by atoms with Gasteiger partial charge in [-0.1, -0.05) is 18.2 Å². The van der Waals surface area contributed by atoms with Crippen LogP contribution in [0.4, 0.5) is 13.2 Å². The van der Waals surface area contributed by atoms with Crippen LogP contribution in [0.3, 0.4) is 0 Å². The van der Waals surface area contributed by atoms with Crippen LogP contribution >= 0.6 is 0 Å². The number of rotatable bonds is 4. The molecule has 0 N–H and O–H groups in total. The highest BCUT2D eigenvalue weighted by atomic mass is 19.4. The van der Waals surface area contributed by atoms with E-state index in [4.69, 9.17) is 4.74 Å². The molecule has 1 unspecified atom stereocenters. The minimum Gasteiger partial charge on any atom is -0.466 e. The Morgan fingerprint density at radius 1 is 1.12 bits per heavy atom. The molecule has 0 aliphatic carbocycles. The number of aromatic nitrogens is 1. The molecule has 1 amide bonds. The number of hydrogen-bond acceptors (Lipinski definition) is 4. The van der Waals surface area contributed by atoms with Crippen molar-refractivity contribution in [1.29, 1.82) is 0 Å². The fourth-order valence-corrected chi connectivity index (χ4v) is 4.07. The van der Waals surface area contributed by atoms with Crippen LogP contribution in [-0.4, -0.2) is 41.5 Å². The number of nitrogens with zero attached hydrogens (tertiary/aromatic N) is 2. The highest BCUT2D eigenvalue weighted by Gasteiger charge is 2.31. The van der Waals surface area contributed by atoms with Crippen LogP contribution in [0.15, 0.2) is 54.6 Å². The van der Waals surface area contributed by atoms with Gasteiger partial charge in [0.05, 0.1) is 29.3 Å². The third-order valence-electron chi connectivity index (χ3n) is 5.75. The van der Waals surface area contributed by atoms with Crippen molar-refractivity contribution in [3.05, 3.63) is 65.7 Å². The van der Waals surface area contributed by atoms with Gasteiger partial charge >= 0.3 is 12.1 Å². The maximum absolute atomic E-state index is 13.0. The number of alkyl halides is 3. The van der Waals surface area contributed by atoms with E-state index in [1.165, 1.54) is 6.07 Å². The number of ether oxygens (including phenoxy) is 1. The molecule has 8 heteroatoms. The van der Waals surface area contributed by atoms with Crippen LogP contribution in [0.25, 0.3) is 22.2 Å². The largest absolute Gasteiger partial charge is 0.466 e. The van der Waals surface area contributed by atoms with Crippen LogP contribution in [0.5, 0.6) is 0 Å². The molecule has 1 saturated heterocycles. The molecule has 1 aromatic heterocycles. The zero-order valence-corrected chi connectivity index (χ0v) is 18.1. The van der Waals surface area contributed by atoms with Gasteiger partial charge in [-0.05, 0) is 56.2 Å². The summed E-state index contributed by atoms with van der Waals surface area (Å²) >= 11 is 0. The number of piperidine rings is 1. The van der Waals surface area contributed by atoms with Gasteiger partial charge in [0.25, 0.3) is 5.91 Å². The number of likely N-dealkylation sites (tertiary alicyclic amines) is 1. The molecule has 33 heavy (non-hydrogen) atoms. The molecule has 0 saturated carbocycles. The Hall–Kier alpha value is -3.42. The van der Waals surface area contributed by atoms with Crippen molar-refractivity contribution in [3.63, 3.8) is 0 Å². The van der Waals surface area contributed by atoms with Crippen molar-refractivity contribution in [2.45, 2.75) is 25.9 Å². The number of esters is 1. The second-order valence-corrected chi connectivity index (χ2v) is 8.02. The summed E-state index contributed by atoms with van der Waals surface area (Å²) in [5, 5.41) is 0.704. The van der Waals surface area contributed by atoms with Crippen molar-refractivity contribution in [2.24, 2.45) is 5.92 Å². The van der Waals surface area contributed by atoms with Crippen molar-refractivity contribution in [3.8, 4) is 11.3 Å². The minimum absolute atomic E-state index is 0.173. The lowest BCUT2D eigenvalue weighted by Gasteiger charge is -2.31. The van der Waals surface area contributed by atoms with E-state index in [9.17, 15) is 22.8 Å². The quantitative estimate of drug-likeness (QED) is 0.498. The van der Waals surface area contributed by atoms with Gasteiger partial charge in [0.1, 0.15) is 0 Å². The summed E-state index contributed by atoms with van der Waals surface area (Å²) in [5.74, 6) is -0.771. The molecule has 0 radical (unpaired) electrons. The maximum Gasteiger partial charge on any atom is 0.416 e. The second-order valence-electron chi connectivity index (χ2n) is 8.02. The van der Waals surface area contributed by atoms with Gasteiger partial charge < -0.3 is 9.64 Å². The average Bonchev–Trinajstić information content (AvgIpc) is 2.82. The summed E-state index contributed by atoms with van der Waals surface area (Å²) in [6.07, 6.45) is -3.00. The Morgan fingerprint density at radius 2 is 1.94 bits per heavy atom. The molecule has 1 aliphatic rings. The Balaban J connectivity index is 1.56. The molecular formula is C25H23F3N2O3. The molecule has 0 spiro atoms. The van der Waals surface area contributed by atoms with Crippen molar-refractivity contribution < 1.29 is 27.5 Å². The Labute approximate surface area is 189 Å². The topological polar surface area (TPSA) is 59.5 Å².